The van der Waals surface area contributed by atoms with E-state index in [0.29, 0.717) is 78.3 Å². The fraction of sp³-hybridized carbons (Fsp3) is 0.765. The highest BCUT2D eigenvalue weighted by Gasteiger charge is 2.31. The van der Waals surface area contributed by atoms with E-state index in [2.05, 4.69) is 10.1 Å². The maximum atomic E-state index is 12.3. The van der Waals surface area contributed by atoms with Crippen molar-refractivity contribution < 1.29 is 28.7 Å². The third-order valence-electron chi connectivity index (χ3n) is 4.65. The molecule has 2 aliphatic heterocycles. The standard InChI is InChI=1S/C17H28N4O6/c1-26-14(22)4-2-3-5-18-17(25)21-8-6-19(7-9-21)15(23)16(24)20-10-12-27-13-11-20/h2-13H2,1H3,(H,18,25). The molecule has 2 rings (SSSR count). The minimum atomic E-state index is -0.514. The molecule has 27 heavy (non-hydrogen) atoms. The van der Waals surface area contributed by atoms with Crippen LogP contribution in [0.1, 0.15) is 19.3 Å². The van der Waals surface area contributed by atoms with Crippen LogP contribution in [0.25, 0.3) is 0 Å². The molecule has 4 amide bonds. The first-order valence-corrected chi connectivity index (χ1v) is 9.28. The Morgan fingerprint density at radius 3 is 2.00 bits per heavy atom. The molecule has 152 valence electrons. The molecule has 0 aliphatic carbocycles. The summed E-state index contributed by atoms with van der Waals surface area (Å²) in [5.74, 6) is -1.27. The number of hydrogen-bond acceptors (Lipinski definition) is 6. The first-order chi connectivity index (χ1) is 13.0. The van der Waals surface area contributed by atoms with Crippen molar-refractivity contribution in [3.8, 4) is 0 Å². The van der Waals surface area contributed by atoms with Gasteiger partial charge in [0, 0.05) is 52.2 Å². The number of carbonyl (C=O) groups is 4. The van der Waals surface area contributed by atoms with Gasteiger partial charge in [0.2, 0.25) is 0 Å². The number of urea groups is 1. The fourth-order valence-corrected chi connectivity index (χ4v) is 2.95. The Kier molecular flexibility index (Phi) is 8.31. The normalized spacial score (nSPS) is 17.4. The second-order valence-electron chi connectivity index (χ2n) is 6.45. The maximum absolute atomic E-state index is 12.3. The van der Waals surface area contributed by atoms with Crippen molar-refractivity contribution in [3.63, 3.8) is 0 Å². The van der Waals surface area contributed by atoms with E-state index in [1.165, 1.54) is 16.9 Å². The molecular weight excluding hydrogens is 356 g/mol. The van der Waals surface area contributed by atoms with E-state index in [4.69, 9.17) is 4.74 Å². The number of piperazine rings is 1. The molecule has 0 radical (unpaired) electrons. The topological polar surface area (TPSA) is 108 Å². The lowest BCUT2D eigenvalue weighted by atomic mass is 10.2. The summed E-state index contributed by atoms with van der Waals surface area (Å²) in [6.45, 7) is 3.69. The van der Waals surface area contributed by atoms with E-state index in [9.17, 15) is 19.2 Å². The van der Waals surface area contributed by atoms with Crippen LogP contribution in [0.3, 0.4) is 0 Å². The van der Waals surface area contributed by atoms with Crippen molar-refractivity contribution in [1.82, 2.24) is 20.0 Å². The third-order valence-corrected chi connectivity index (χ3v) is 4.65. The minimum absolute atomic E-state index is 0.195. The van der Waals surface area contributed by atoms with Crippen molar-refractivity contribution in [1.29, 1.82) is 0 Å². The van der Waals surface area contributed by atoms with Crippen LogP contribution in [0, 0.1) is 0 Å². The highest BCUT2D eigenvalue weighted by Crippen LogP contribution is 2.06. The maximum Gasteiger partial charge on any atom is 0.317 e. The van der Waals surface area contributed by atoms with Crippen LogP contribution in [-0.4, -0.2) is 105 Å². The van der Waals surface area contributed by atoms with Gasteiger partial charge in [0.25, 0.3) is 0 Å². The van der Waals surface area contributed by atoms with Gasteiger partial charge in [0.1, 0.15) is 0 Å². The van der Waals surface area contributed by atoms with E-state index in [1.807, 2.05) is 0 Å². The van der Waals surface area contributed by atoms with Crippen LogP contribution >= 0.6 is 0 Å². The number of methoxy groups -OCH3 is 1. The molecule has 1 N–H and O–H groups in total. The van der Waals surface area contributed by atoms with Crippen molar-refractivity contribution in [2.24, 2.45) is 0 Å². The van der Waals surface area contributed by atoms with Crippen molar-refractivity contribution in [2.75, 3.05) is 66.1 Å². The van der Waals surface area contributed by atoms with Crippen LogP contribution in [0.4, 0.5) is 4.79 Å². The Hall–Kier alpha value is -2.36. The van der Waals surface area contributed by atoms with Gasteiger partial charge in [-0.2, -0.15) is 0 Å². The monoisotopic (exact) mass is 384 g/mol. The summed E-state index contributed by atoms with van der Waals surface area (Å²) in [6, 6.07) is -0.195. The molecule has 0 aromatic heterocycles. The molecule has 0 aromatic carbocycles. The number of nitrogens with one attached hydrogen (secondary N) is 1. The molecule has 2 heterocycles. The molecule has 0 spiro atoms. The summed E-state index contributed by atoms with van der Waals surface area (Å²) in [4.78, 5) is 52.4. The Morgan fingerprint density at radius 1 is 0.852 bits per heavy atom. The summed E-state index contributed by atoms with van der Waals surface area (Å²) >= 11 is 0. The van der Waals surface area contributed by atoms with E-state index >= 15 is 0 Å². The molecule has 2 fully saturated rings. The Balaban J connectivity index is 1.65. The molecule has 0 saturated carbocycles. The van der Waals surface area contributed by atoms with Crippen molar-refractivity contribution in [2.45, 2.75) is 19.3 Å². The number of nitrogens with zero attached hydrogens (tertiary/aromatic N) is 3. The van der Waals surface area contributed by atoms with Crippen LogP contribution < -0.4 is 5.32 Å². The SMILES string of the molecule is COC(=O)CCCCNC(=O)N1CCN(C(=O)C(=O)N2CCOCC2)CC1. The van der Waals surface area contributed by atoms with Gasteiger partial charge in [-0.1, -0.05) is 0 Å². The highest BCUT2D eigenvalue weighted by molar-refractivity contribution is 6.34. The smallest absolute Gasteiger partial charge is 0.317 e. The molecule has 0 bridgehead atoms. The molecule has 0 aromatic rings. The van der Waals surface area contributed by atoms with Gasteiger partial charge in [0.15, 0.2) is 0 Å². The first-order valence-electron chi connectivity index (χ1n) is 9.28. The number of morpholine rings is 1. The molecule has 2 aliphatic rings. The summed E-state index contributed by atoms with van der Waals surface area (Å²) < 4.78 is 9.75. The van der Waals surface area contributed by atoms with Gasteiger partial charge in [-0.15, -0.1) is 0 Å². The number of unbranched alkanes of at least 4 members (excludes halogenated alkanes) is 1. The average Bonchev–Trinajstić information content (AvgIpc) is 2.72. The average molecular weight is 384 g/mol. The molecular formula is C17H28N4O6. The van der Waals surface area contributed by atoms with E-state index in [-0.39, 0.29) is 12.0 Å². The third kappa shape index (κ3) is 6.38. The van der Waals surface area contributed by atoms with Gasteiger partial charge in [-0.05, 0) is 12.8 Å². The molecule has 2 saturated heterocycles. The second kappa shape index (κ2) is 10.7. The van der Waals surface area contributed by atoms with E-state index < -0.39 is 11.8 Å². The van der Waals surface area contributed by atoms with Crippen LogP contribution in [-0.2, 0) is 23.9 Å². The Morgan fingerprint density at radius 2 is 1.41 bits per heavy atom. The van der Waals surface area contributed by atoms with Crippen molar-refractivity contribution >= 4 is 23.8 Å². The predicted octanol–water partition coefficient (Wildman–Crippen LogP) is -0.958. The number of carbonyl (C=O) groups excluding carboxylic acids is 4. The first kappa shape index (κ1) is 20.9. The van der Waals surface area contributed by atoms with Gasteiger partial charge in [-0.3, -0.25) is 14.4 Å². The van der Waals surface area contributed by atoms with Crippen LogP contribution in [0.5, 0.6) is 0 Å². The largest absolute Gasteiger partial charge is 0.469 e. The molecule has 0 atom stereocenters. The molecule has 0 unspecified atom stereocenters. The minimum Gasteiger partial charge on any atom is -0.469 e. The zero-order valence-electron chi connectivity index (χ0n) is 15.8. The van der Waals surface area contributed by atoms with Crippen molar-refractivity contribution in [3.05, 3.63) is 0 Å². The lowest BCUT2D eigenvalue weighted by Gasteiger charge is -2.35. The van der Waals surface area contributed by atoms with Gasteiger partial charge in [0.05, 0.1) is 20.3 Å². The summed E-state index contributed by atoms with van der Waals surface area (Å²) in [7, 11) is 1.35. The lowest BCUT2D eigenvalue weighted by Crippen LogP contribution is -2.56. The zero-order chi connectivity index (χ0) is 19.6. The van der Waals surface area contributed by atoms with Gasteiger partial charge >= 0.3 is 23.8 Å². The number of rotatable bonds is 5. The Labute approximate surface area is 158 Å². The molecule has 10 heteroatoms. The quantitative estimate of drug-likeness (QED) is 0.372. The van der Waals surface area contributed by atoms with E-state index in [0.717, 1.165) is 0 Å². The fourth-order valence-electron chi connectivity index (χ4n) is 2.95. The lowest BCUT2D eigenvalue weighted by molar-refractivity contribution is -0.154. The number of ether oxygens (including phenoxy) is 2. The number of hydrogen-bond donors (Lipinski definition) is 1. The van der Waals surface area contributed by atoms with Crippen LogP contribution in [0.15, 0.2) is 0 Å². The summed E-state index contributed by atoms with van der Waals surface area (Å²) in [5.41, 5.74) is 0. The second-order valence-corrected chi connectivity index (χ2v) is 6.45. The number of amides is 4. The van der Waals surface area contributed by atoms with Gasteiger partial charge < -0.3 is 29.5 Å². The predicted molar refractivity (Wildman–Crippen MR) is 94.8 cm³/mol. The van der Waals surface area contributed by atoms with E-state index in [1.54, 1.807) is 4.90 Å². The summed E-state index contributed by atoms with van der Waals surface area (Å²) in [5, 5.41) is 2.81. The Bertz CT molecular complexity index is 542. The zero-order valence-corrected chi connectivity index (χ0v) is 15.8. The summed E-state index contributed by atoms with van der Waals surface area (Å²) in [6.07, 6.45) is 1.68. The highest BCUT2D eigenvalue weighted by atomic mass is 16.5. The van der Waals surface area contributed by atoms with Crippen LogP contribution in [0.2, 0.25) is 0 Å². The van der Waals surface area contributed by atoms with Gasteiger partial charge in [-0.25, -0.2) is 4.79 Å². The molecule has 10 nitrogen and oxygen atoms in total. The number of esters is 1.